The lowest BCUT2D eigenvalue weighted by Crippen LogP contribution is -2.64. The zero-order valence-electron chi connectivity index (χ0n) is 23.4. The molecule has 0 heterocycles. The minimum Gasteiger partial charge on any atom is -0.0859 e. The van der Waals surface area contributed by atoms with Gasteiger partial charge in [0.15, 0.2) is 0 Å². The molecule has 4 rings (SSSR count). The average molecular weight is 441 g/mol. The number of hydrogen-bond acceptors (Lipinski definition) is 0. The highest BCUT2D eigenvalue weighted by molar-refractivity contribution is 5.18. The second-order valence-corrected chi connectivity index (χ2v) is 14.8. The van der Waals surface area contributed by atoms with Gasteiger partial charge in [-0.2, -0.15) is 0 Å². The van der Waals surface area contributed by atoms with Crippen molar-refractivity contribution in [1.29, 1.82) is 0 Å². The third kappa shape index (κ3) is 3.50. The van der Waals surface area contributed by atoms with Crippen molar-refractivity contribution >= 4 is 0 Å². The van der Waals surface area contributed by atoms with Crippen LogP contribution >= 0.6 is 0 Å². The summed E-state index contributed by atoms with van der Waals surface area (Å²) in [5, 5.41) is 0. The molecule has 12 atom stereocenters. The topological polar surface area (TPSA) is 0 Å². The minimum absolute atomic E-state index is 0.531. The Hall–Kier alpha value is -0.260. The third-order valence-corrected chi connectivity index (χ3v) is 12.9. The van der Waals surface area contributed by atoms with Crippen molar-refractivity contribution in [3.63, 3.8) is 0 Å². The van der Waals surface area contributed by atoms with Crippen molar-refractivity contribution < 1.29 is 0 Å². The van der Waals surface area contributed by atoms with Crippen LogP contribution in [0.3, 0.4) is 0 Å². The van der Waals surface area contributed by atoms with E-state index in [-0.39, 0.29) is 0 Å². The summed E-state index contributed by atoms with van der Waals surface area (Å²) >= 11 is 0. The van der Waals surface area contributed by atoms with E-state index in [9.17, 15) is 0 Å². The quantitative estimate of drug-likeness (QED) is 0.381. The van der Waals surface area contributed by atoms with Gasteiger partial charge in [-0.05, 0) is 135 Å². The maximum Gasteiger partial charge on any atom is -0.0233 e. The Bertz CT molecular complexity index is 714. The van der Waals surface area contributed by atoms with Crippen LogP contribution in [-0.4, -0.2) is 0 Å². The van der Waals surface area contributed by atoms with Crippen LogP contribution in [0.15, 0.2) is 11.6 Å². The van der Waals surface area contributed by atoms with Crippen molar-refractivity contribution in [3.05, 3.63) is 11.6 Å². The molecule has 0 bridgehead atoms. The highest BCUT2D eigenvalue weighted by Crippen LogP contribution is 2.76. The molecule has 4 aliphatic rings. The van der Waals surface area contributed by atoms with Crippen LogP contribution in [0, 0.1) is 69.5 Å². The first-order valence-corrected chi connectivity index (χ1v) is 14.5. The van der Waals surface area contributed by atoms with Gasteiger partial charge in [0, 0.05) is 0 Å². The van der Waals surface area contributed by atoms with Crippen molar-refractivity contribution in [2.45, 2.75) is 121 Å². The molecule has 0 radical (unpaired) electrons. The van der Waals surface area contributed by atoms with Crippen LogP contribution in [0.4, 0.5) is 0 Å². The molecule has 0 aromatic carbocycles. The van der Waals surface area contributed by atoms with Crippen LogP contribution in [-0.2, 0) is 0 Å². The maximum atomic E-state index is 2.80. The number of fused-ring (bicyclic) bond motifs is 5. The zero-order valence-corrected chi connectivity index (χ0v) is 23.4. The third-order valence-electron chi connectivity index (χ3n) is 12.9. The van der Waals surface area contributed by atoms with Gasteiger partial charge in [0.1, 0.15) is 0 Å². The summed E-state index contributed by atoms with van der Waals surface area (Å²) in [6, 6.07) is 0. The predicted octanol–water partition coefficient (Wildman–Crippen LogP) is 9.79. The summed E-state index contributed by atoms with van der Waals surface area (Å²) in [5.74, 6) is 8.25. The standard InChI is InChI=1S/C32H56/c1-20(2)12-11-13-22(4)26-15-17-31(9)29(26)23(5)18-27-30(8)16-14-21(3)25(7)28(30)24(6)19-32(27,31)10/h12,21-29H,11,13-19H2,1-10H3/t21-,22?,23?,24?,25-,26?,27?,28?,29?,30+,31+,32+/m0/s1. The van der Waals surface area contributed by atoms with E-state index >= 15 is 0 Å². The molecule has 0 nitrogen and oxygen atoms in total. The lowest BCUT2D eigenvalue weighted by Gasteiger charge is -2.71. The minimum atomic E-state index is 0.531. The fourth-order valence-corrected chi connectivity index (χ4v) is 11.3. The lowest BCUT2D eigenvalue weighted by atomic mass is 9.34. The second kappa shape index (κ2) is 8.45. The molecular weight excluding hydrogens is 384 g/mol. The summed E-state index contributed by atoms with van der Waals surface area (Å²) < 4.78 is 0. The van der Waals surface area contributed by atoms with Gasteiger partial charge >= 0.3 is 0 Å². The van der Waals surface area contributed by atoms with Gasteiger partial charge in [-0.1, -0.05) is 67.0 Å². The van der Waals surface area contributed by atoms with Crippen molar-refractivity contribution in [2.75, 3.05) is 0 Å². The lowest BCUT2D eigenvalue weighted by molar-refractivity contribution is -0.226. The molecule has 0 saturated heterocycles. The highest BCUT2D eigenvalue weighted by Gasteiger charge is 2.69. The Morgan fingerprint density at radius 1 is 0.875 bits per heavy atom. The molecule has 0 aromatic rings. The number of allylic oxidation sites excluding steroid dienone is 2. The molecule has 0 aliphatic heterocycles. The van der Waals surface area contributed by atoms with Gasteiger partial charge < -0.3 is 0 Å². The maximum absolute atomic E-state index is 2.80. The molecule has 4 saturated carbocycles. The van der Waals surface area contributed by atoms with E-state index < -0.39 is 0 Å². The normalized spacial score (nSPS) is 53.7. The molecule has 32 heavy (non-hydrogen) atoms. The zero-order chi connectivity index (χ0) is 23.6. The van der Waals surface area contributed by atoms with Crippen LogP contribution in [0.2, 0.25) is 0 Å². The van der Waals surface area contributed by atoms with E-state index in [2.05, 4.69) is 75.3 Å². The SMILES string of the molecule is CC(C)=CCCC(C)C1CC[C@]2(C)C1C(C)CC1[C@@]3(C)CC[C@H](C)[C@H](C)C3C(C)C[C@]12C. The van der Waals surface area contributed by atoms with Gasteiger partial charge in [0.05, 0.1) is 0 Å². The first-order valence-electron chi connectivity index (χ1n) is 14.5. The fourth-order valence-electron chi connectivity index (χ4n) is 11.3. The van der Waals surface area contributed by atoms with Crippen molar-refractivity contribution in [1.82, 2.24) is 0 Å². The molecule has 7 unspecified atom stereocenters. The molecule has 4 aliphatic carbocycles. The molecule has 0 heteroatoms. The summed E-state index contributed by atoms with van der Waals surface area (Å²) in [6.45, 7) is 26.0. The summed E-state index contributed by atoms with van der Waals surface area (Å²) in [4.78, 5) is 0. The number of hydrogen-bond donors (Lipinski definition) is 0. The van der Waals surface area contributed by atoms with E-state index in [1.54, 1.807) is 0 Å². The molecule has 0 aromatic heterocycles. The second-order valence-electron chi connectivity index (χ2n) is 14.8. The first kappa shape index (κ1) is 24.9. The van der Waals surface area contributed by atoms with Crippen molar-refractivity contribution in [3.8, 4) is 0 Å². The Morgan fingerprint density at radius 3 is 2.22 bits per heavy atom. The highest BCUT2D eigenvalue weighted by atomic mass is 14.7. The summed E-state index contributed by atoms with van der Waals surface area (Å²) in [5.41, 5.74) is 3.13. The molecule has 184 valence electrons. The fraction of sp³-hybridized carbons (Fsp3) is 0.938. The molecule has 0 N–H and O–H groups in total. The van der Waals surface area contributed by atoms with Gasteiger partial charge in [0.2, 0.25) is 0 Å². The van der Waals surface area contributed by atoms with E-state index in [0.717, 1.165) is 53.3 Å². The summed E-state index contributed by atoms with van der Waals surface area (Å²) in [6.07, 6.45) is 14.1. The monoisotopic (exact) mass is 440 g/mol. The van der Waals surface area contributed by atoms with E-state index in [0.29, 0.717) is 16.2 Å². The Balaban J connectivity index is 1.65. The average Bonchev–Trinajstić information content (AvgIpc) is 3.07. The molecule has 0 amide bonds. The van der Waals surface area contributed by atoms with Gasteiger partial charge in [-0.25, -0.2) is 0 Å². The van der Waals surface area contributed by atoms with Gasteiger partial charge in [-0.15, -0.1) is 0 Å². The molecule has 0 spiro atoms. The van der Waals surface area contributed by atoms with Crippen LogP contribution in [0.5, 0.6) is 0 Å². The van der Waals surface area contributed by atoms with Crippen LogP contribution < -0.4 is 0 Å². The Kier molecular flexibility index (Phi) is 6.56. The summed E-state index contributed by atoms with van der Waals surface area (Å²) in [7, 11) is 0. The number of rotatable bonds is 4. The van der Waals surface area contributed by atoms with E-state index in [4.69, 9.17) is 0 Å². The largest absolute Gasteiger partial charge is 0.0859 e. The predicted molar refractivity (Wildman–Crippen MR) is 140 cm³/mol. The van der Waals surface area contributed by atoms with Crippen molar-refractivity contribution in [2.24, 2.45) is 69.5 Å². The smallest absolute Gasteiger partial charge is 0.0233 e. The molecular formula is C32H56. The molecule has 4 fully saturated rings. The van der Waals surface area contributed by atoms with E-state index in [1.807, 2.05) is 0 Å². The Labute approximate surface area is 201 Å². The van der Waals surface area contributed by atoms with Crippen LogP contribution in [0.25, 0.3) is 0 Å². The van der Waals surface area contributed by atoms with Crippen LogP contribution in [0.1, 0.15) is 121 Å². The van der Waals surface area contributed by atoms with Gasteiger partial charge in [0.25, 0.3) is 0 Å². The van der Waals surface area contributed by atoms with E-state index in [1.165, 1.54) is 56.9 Å². The first-order chi connectivity index (χ1) is 14.9. The van der Waals surface area contributed by atoms with Gasteiger partial charge in [-0.3, -0.25) is 0 Å². The Morgan fingerprint density at radius 2 is 1.56 bits per heavy atom.